The first-order valence-electron chi connectivity index (χ1n) is 9.39. The minimum absolute atomic E-state index is 0.647. The van der Waals surface area contributed by atoms with E-state index in [-0.39, 0.29) is 0 Å². The lowest BCUT2D eigenvalue weighted by atomic mass is 10.1. The summed E-state index contributed by atoms with van der Waals surface area (Å²) in [6.45, 7) is 4.26. The second-order valence-corrected chi connectivity index (χ2v) is 6.38. The average Bonchev–Trinajstić information content (AvgIpc) is 2.70. The molecule has 0 aliphatic rings. The van der Waals surface area contributed by atoms with Gasteiger partial charge in [0.25, 0.3) is 0 Å². The molecule has 0 N–H and O–H groups in total. The number of allylic oxidation sites excluding steroid dienone is 2. The first-order valence-corrected chi connectivity index (χ1v) is 9.39. The maximum Gasteiger partial charge on any atom is 0.217 e. The number of halogens is 2. The van der Waals surface area contributed by atoms with Crippen LogP contribution >= 0.6 is 0 Å². The Balaban J connectivity index is 2.05. The zero-order chi connectivity index (χ0) is 19.5. The summed E-state index contributed by atoms with van der Waals surface area (Å²) >= 11 is 0. The van der Waals surface area contributed by atoms with Crippen molar-refractivity contribution in [2.75, 3.05) is 0 Å². The minimum Gasteiger partial charge on any atom is -0.193 e. The maximum atomic E-state index is 13.8. The monoisotopic (exact) mass is 362 g/mol. The van der Waals surface area contributed by atoms with Gasteiger partial charge in [-0.15, -0.1) is 0 Å². The molecule has 0 radical (unpaired) electrons. The Morgan fingerprint density at radius 1 is 0.667 bits per heavy atom. The fourth-order valence-electron chi connectivity index (χ4n) is 2.54. The van der Waals surface area contributed by atoms with Gasteiger partial charge in [-0.25, -0.2) is 0 Å². The van der Waals surface area contributed by atoms with Crippen LogP contribution in [0.4, 0.5) is 8.78 Å². The van der Waals surface area contributed by atoms with Crippen LogP contribution in [0.25, 0.3) is 0 Å². The van der Waals surface area contributed by atoms with E-state index in [2.05, 4.69) is 37.5 Å². The largest absolute Gasteiger partial charge is 0.217 e. The maximum absolute atomic E-state index is 13.8. The van der Waals surface area contributed by atoms with Crippen molar-refractivity contribution in [2.24, 2.45) is 0 Å². The summed E-state index contributed by atoms with van der Waals surface area (Å²) < 4.78 is 27.6. The second-order valence-electron chi connectivity index (χ2n) is 6.38. The molecule has 27 heavy (non-hydrogen) atoms. The quantitative estimate of drug-likeness (QED) is 0.530. The van der Waals surface area contributed by atoms with Crippen LogP contribution in [-0.4, -0.2) is 0 Å². The zero-order valence-corrected chi connectivity index (χ0v) is 15.9. The predicted octanol–water partition coefficient (Wildman–Crippen LogP) is 6.54. The van der Waals surface area contributed by atoms with Crippen LogP contribution in [0, 0.1) is 23.7 Å². The molecule has 0 atom stereocenters. The molecular formula is C25H24F2. The van der Waals surface area contributed by atoms with Gasteiger partial charge in [0, 0.05) is 11.1 Å². The molecule has 2 aromatic carbocycles. The molecule has 0 heterocycles. The summed E-state index contributed by atoms with van der Waals surface area (Å²) in [4.78, 5) is 0. The molecule has 0 aliphatic heterocycles. The van der Waals surface area contributed by atoms with Gasteiger partial charge in [0.05, 0.1) is 0 Å². The van der Waals surface area contributed by atoms with E-state index >= 15 is 0 Å². The van der Waals surface area contributed by atoms with Crippen molar-refractivity contribution in [3.05, 3.63) is 82.4 Å². The Hall–Kier alpha value is -2.84. The summed E-state index contributed by atoms with van der Waals surface area (Å²) in [6.07, 6.45) is 5.34. The molecule has 2 heteroatoms. The van der Waals surface area contributed by atoms with Crippen LogP contribution in [0.1, 0.15) is 55.4 Å². The van der Waals surface area contributed by atoms with Crippen LogP contribution in [0.2, 0.25) is 0 Å². The molecule has 0 amide bonds. The molecule has 0 fully saturated rings. The topological polar surface area (TPSA) is 0 Å². The van der Waals surface area contributed by atoms with Crippen LogP contribution < -0.4 is 0 Å². The highest BCUT2D eigenvalue weighted by Gasteiger charge is 2.00. The Kier molecular flexibility index (Phi) is 8.34. The van der Waals surface area contributed by atoms with Crippen molar-refractivity contribution < 1.29 is 8.78 Å². The Bertz CT molecular complexity index is 880. The van der Waals surface area contributed by atoms with Crippen molar-refractivity contribution in [3.8, 4) is 23.7 Å². The Labute approximate surface area is 161 Å². The predicted molar refractivity (Wildman–Crippen MR) is 108 cm³/mol. The first kappa shape index (κ1) is 20.5. The minimum atomic E-state index is -1.14. The molecule has 0 saturated heterocycles. The van der Waals surface area contributed by atoms with Crippen LogP contribution in [0.3, 0.4) is 0 Å². The standard InChI is InChI=1S/C25H24F2/c1-3-5-7-21-10-14-23(15-11-21)17-19-25(27)24(26)18-16-22-12-8-20(6-4-2)9-13-22/h8-15H,3-7H2,1-2H3/b25-24+. The van der Waals surface area contributed by atoms with Gasteiger partial charge in [-0.05, 0) is 66.5 Å². The van der Waals surface area contributed by atoms with Crippen LogP contribution in [0.5, 0.6) is 0 Å². The summed E-state index contributed by atoms with van der Waals surface area (Å²) in [6, 6.07) is 15.1. The van der Waals surface area contributed by atoms with Gasteiger partial charge >= 0.3 is 0 Å². The Morgan fingerprint density at radius 3 is 1.52 bits per heavy atom. The van der Waals surface area contributed by atoms with E-state index < -0.39 is 11.7 Å². The van der Waals surface area contributed by atoms with Crippen molar-refractivity contribution in [1.82, 2.24) is 0 Å². The third kappa shape index (κ3) is 7.12. The molecule has 2 aromatic rings. The second kappa shape index (κ2) is 11.0. The number of unbranched alkanes of at least 4 members (excludes halogenated alkanes) is 1. The van der Waals surface area contributed by atoms with Gasteiger partial charge in [-0.3, -0.25) is 0 Å². The molecule has 0 bridgehead atoms. The number of rotatable bonds is 5. The molecule has 2 rings (SSSR count). The van der Waals surface area contributed by atoms with Crippen molar-refractivity contribution in [1.29, 1.82) is 0 Å². The number of aryl methyl sites for hydroxylation is 2. The Morgan fingerprint density at radius 2 is 1.11 bits per heavy atom. The van der Waals surface area contributed by atoms with Gasteiger partial charge in [-0.1, -0.05) is 62.8 Å². The van der Waals surface area contributed by atoms with Gasteiger partial charge in [0.15, 0.2) is 0 Å². The highest BCUT2D eigenvalue weighted by molar-refractivity contribution is 5.45. The van der Waals surface area contributed by atoms with Gasteiger partial charge in [0.1, 0.15) is 0 Å². The molecule has 0 aromatic heterocycles. The van der Waals surface area contributed by atoms with E-state index in [1.54, 1.807) is 0 Å². The van der Waals surface area contributed by atoms with E-state index in [1.807, 2.05) is 48.5 Å². The van der Waals surface area contributed by atoms with Gasteiger partial charge in [-0.2, -0.15) is 8.78 Å². The molecule has 0 unspecified atom stereocenters. The van der Waals surface area contributed by atoms with E-state index in [1.165, 1.54) is 11.1 Å². The summed E-state index contributed by atoms with van der Waals surface area (Å²) in [7, 11) is 0. The van der Waals surface area contributed by atoms with E-state index in [0.717, 1.165) is 32.1 Å². The van der Waals surface area contributed by atoms with Crippen molar-refractivity contribution in [3.63, 3.8) is 0 Å². The lowest BCUT2D eigenvalue weighted by Gasteiger charge is -1.99. The molecule has 0 aliphatic carbocycles. The molecule has 0 spiro atoms. The number of benzene rings is 2. The normalized spacial score (nSPS) is 11.0. The van der Waals surface area contributed by atoms with E-state index in [4.69, 9.17) is 0 Å². The van der Waals surface area contributed by atoms with E-state index in [9.17, 15) is 8.78 Å². The lowest BCUT2D eigenvalue weighted by molar-refractivity contribution is 0.584. The fraction of sp³-hybridized carbons (Fsp3) is 0.280. The van der Waals surface area contributed by atoms with Crippen LogP contribution in [-0.2, 0) is 12.8 Å². The highest BCUT2D eigenvalue weighted by atomic mass is 19.2. The average molecular weight is 362 g/mol. The lowest BCUT2D eigenvalue weighted by Crippen LogP contribution is -1.85. The summed E-state index contributed by atoms with van der Waals surface area (Å²) in [5.41, 5.74) is 3.73. The molecular weight excluding hydrogens is 338 g/mol. The fourth-order valence-corrected chi connectivity index (χ4v) is 2.54. The smallest absolute Gasteiger partial charge is 0.193 e. The SMILES string of the molecule is CCCCc1ccc(C#C/C(F)=C(\F)C#Cc2ccc(CCC)cc2)cc1. The molecule has 0 nitrogen and oxygen atoms in total. The number of hydrogen-bond acceptors (Lipinski definition) is 0. The van der Waals surface area contributed by atoms with Crippen molar-refractivity contribution in [2.45, 2.75) is 46.0 Å². The molecule has 138 valence electrons. The van der Waals surface area contributed by atoms with Crippen molar-refractivity contribution >= 4 is 0 Å². The third-order valence-corrected chi connectivity index (χ3v) is 4.09. The van der Waals surface area contributed by atoms with Crippen LogP contribution in [0.15, 0.2) is 60.2 Å². The van der Waals surface area contributed by atoms with E-state index in [0.29, 0.717) is 11.1 Å². The number of hydrogen-bond donors (Lipinski definition) is 0. The third-order valence-electron chi connectivity index (χ3n) is 4.09. The zero-order valence-electron chi connectivity index (χ0n) is 15.9. The first-order chi connectivity index (χ1) is 13.1. The van der Waals surface area contributed by atoms with Gasteiger partial charge < -0.3 is 0 Å². The summed E-state index contributed by atoms with van der Waals surface area (Å²) in [5.74, 6) is 7.40. The summed E-state index contributed by atoms with van der Waals surface area (Å²) in [5, 5.41) is 0. The van der Waals surface area contributed by atoms with Gasteiger partial charge in [0.2, 0.25) is 11.7 Å². The molecule has 0 saturated carbocycles. The highest BCUT2D eigenvalue weighted by Crippen LogP contribution is 2.10.